The molecule has 16 heavy (non-hydrogen) atoms. The lowest BCUT2D eigenvalue weighted by Gasteiger charge is -2.01. The highest BCUT2D eigenvalue weighted by molar-refractivity contribution is 14.1. The quantitative estimate of drug-likeness (QED) is 0.659. The van der Waals surface area contributed by atoms with E-state index in [1.165, 1.54) is 12.1 Å². The van der Waals surface area contributed by atoms with Gasteiger partial charge >= 0.3 is 0 Å². The third kappa shape index (κ3) is 3.90. The lowest BCUT2D eigenvalue weighted by Crippen LogP contribution is -2.04. The zero-order valence-corrected chi connectivity index (χ0v) is 10.9. The smallest absolute Gasteiger partial charge is 0.124 e. The van der Waals surface area contributed by atoms with Gasteiger partial charge in [-0.3, -0.25) is 0 Å². The van der Waals surface area contributed by atoms with Crippen molar-refractivity contribution < 1.29 is 9.50 Å². The van der Waals surface area contributed by atoms with Crippen molar-refractivity contribution in [3.8, 4) is 0 Å². The molecule has 0 atom stereocenters. The van der Waals surface area contributed by atoms with Crippen LogP contribution in [0, 0.1) is 9.39 Å². The van der Waals surface area contributed by atoms with Crippen LogP contribution >= 0.6 is 22.6 Å². The number of hydrogen-bond donors (Lipinski definition) is 2. The van der Waals surface area contributed by atoms with Gasteiger partial charge in [-0.05, 0) is 53.8 Å². The maximum atomic E-state index is 12.8. The van der Waals surface area contributed by atoms with Crippen molar-refractivity contribution in [3.05, 3.63) is 39.4 Å². The molecule has 5 heteroatoms. The van der Waals surface area contributed by atoms with E-state index in [1.54, 1.807) is 19.1 Å². The van der Waals surface area contributed by atoms with E-state index in [4.69, 9.17) is 10.8 Å². The Balaban J connectivity index is 3.09. The number of rotatable bonds is 3. The van der Waals surface area contributed by atoms with E-state index < -0.39 is 0 Å². The minimum Gasteiger partial charge on any atom is -0.402 e. The summed E-state index contributed by atoms with van der Waals surface area (Å²) in [4.78, 5) is 4.19. The molecular weight excluding hydrogens is 322 g/mol. The van der Waals surface area contributed by atoms with Crippen LogP contribution < -0.4 is 5.73 Å². The van der Waals surface area contributed by atoms with Gasteiger partial charge < -0.3 is 10.8 Å². The first-order chi connectivity index (χ1) is 7.52. The molecule has 86 valence electrons. The molecule has 0 spiro atoms. The van der Waals surface area contributed by atoms with Gasteiger partial charge in [0.25, 0.3) is 0 Å². The second kappa shape index (κ2) is 5.95. The molecule has 0 aliphatic rings. The number of nitrogens with two attached hydrogens (primary N) is 1. The van der Waals surface area contributed by atoms with Gasteiger partial charge in [0.1, 0.15) is 5.82 Å². The minimum absolute atomic E-state index is 0.206. The second-order valence-electron chi connectivity index (χ2n) is 3.25. The van der Waals surface area contributed by atoms with E-state index in [0.717, 1.165) is 0 Å². The van der Waals surface area contributed by atoms with Crippen molar-refractivity contribution in [2.45, 2.75) is 6.92 Å². The van der Waals surface area contributed by atoms with Gasteiger partial charge in [0.05, 0.1) is 18.0 Å². The standard InChI is InChI=1S/C11H12FIN2O/c1-7(14)4-9(6-16)15-11-3-2-8(12)5-10(11)13/h2-5,16H,6,14H2,1H3. The number of aliphatic hydroxyl groups excluding tert-OH is 1. The number of allylic oxidation sites excluding steroid dienone is 1. The first kappa shape index (κ1) is 13.1. The predicted octanol–water partition coefficient (Wildman–Crippen LogP) is 2.36. The SMILES string of the molecule is CC(N)=CC(CO)=Nc1ccc(F)cc1I. The van der Waals surface area contributed by atoms with E-state index >= 15 is 0 Å². The summed E-state index contributed by atoms with van der Waals surface area (Å²) in [5.74, 6) is -0.306. The summed E-state index contributed by atoms with van der Waals surface area (Å²) in [5.41, 5.74) is 7.12. The molecule has 0 unspecified atom stereocenters. The zero-order chi connectivity index (χ0) is 12.1. The molecule has 1 rings (SSSR count). The van der Waals surface area contributed by atoms with Crippen molar-refractivity contribution in [1.82, 2.24) is 0 Å². The van der Waals surface area contributed by atoms with Gasteiger partial charge in [0.2, 0.25) is 0 Å². The number of nitrogens with zero attached hydrogens (tertiary/aromatic N) is 1. The molecule has 0 fully saturated rings. The van der Waals surface area contributed by atoms with Crippen LogP contribution in [0.3, 0.4) is 0 Å². The lowest BCUT2D eigenvalue weighted by atomic mass is 10.3. The molecule has 0 heterocycles. The van der Waals surface area contributed by atoms with E-state index in [2.05, 4.69) is 4.99 Å². The van der Waals surface area contributed by atoms with Crippen LogP contribution in [0.4, 0.5) is 10.1 Å². The molecule has 0 saturated carbocycles. The van der Waals surface area contributed by atoms with Crippen LogP contribution in [0.2, 0.25) is 0 Å². The maximum absolute atomic E-state index is 12.8. The Morgan fingerprint density at radius 1 is 1.62 bits per heavy atom. The molecule has 0 radical (unpaired) electrons. The largest absolute Gasteiger partial charge is 0.402 e. The number of aliphatic imine (C=N–C) groups is 1. The topological polar surface area (TPSA) is 58.6 Å². The fraction of sp³-hybridized carbons (Fsp3) is 0.182. The highest BCUT2D eigenvalue weighted by Crippen LogP contribution is 2.22. The Morgan fingerprint density at radius 2 is 2.31 bits per heavy atom. The Morgan fingerprint density at radius 3 is 2.81 bits per heavy atom. The Bertz CT molecular complexity index is 440. The number of hydrogen-bond acceptors (Lipinski definition) is 3. The summed E-state index contributed by atoms with van der Waals surface area (Å²) >= 11 is 1.99. The highest BCUT2D eigenvalue weighted by atomic mass is 127. The summed E-state index contributed by atoms with van der Waals surface area (Å²) in [6.45, 7) is 1.50. The van der Waals surface area contributed by atoms with Crippen molar-refractivity contribution in [2.75, 3.05) is 6.61 Å². The summed E-state index contributed by atoms with van der Waals surface area (Å²) in [5, 5.41) is 9.07. The predicted molar refractivity (Wildman–Crippen MR) is 71.2 cm³/mol. The van der Waals surface area contributed by atoms with Gasteiger partial charge in [0.15, 0.2) is 0 Å². The van der Waals surface area contributed by atoms with Crippen LogP contribution in [0.25, 0.3) is 0 Å². The molecule has 0 aliphatic heterocycles. The number of aliphatic hydroxyl groups is 1. The van der Waals surface area contributed by atoms with Crippen molar-refractivity contribution >= 4 is 34.0 Å². The first-order valence-electron chi connectivity index (χ1n) is 4.60. The second-order valence-corrected chi connectivity index (χ2v) is 4.41. The fourth-order valence-corrected chi connectivity index (χ4v) is 1.70. The molecule has 0 amide bonds. The van der Waals surface area contributed by atoms with E-state index in [1.807, 2.05) is 22.6 Å². The van der Waals surface area contributed by atoms with Gasteiger partial charge in [0, 0.05) is 9.27 Å². The van der Waals surface area contributed by atoms with E-state index in [9.17, 15) is 4.39 Å². The fourth-order valence-electron chi connectivity index (χ4n) is 1.10. The van der Waals surface area contributed by atoms with Crippen LogP contribution in [0.15, 0.2) is 35.0 Å². The molecule has 0 bridgehead atoms. The summed E-state index contributed by atoms with van der Waals surface area (Å²) in [6, 6.07) is 4.27. The van der Waals surface area contributed by atoms with Gasteiger partial charge in [-0.2, -0.15) is 0 Å². The number of halogens is 2. The molecule has 0 aromatic heterocycles. The summed E-state index contributed by atoms with van der Waals surface area (Å²) < 4.78 is 13.5. The van der Waals surface area contributed by atoms with Crippen LogP contribution in [-0.4, -0.2) is 17.4 Å². The molecule has 3 N–H and O–H groups in total. The van der Waals surface area contributed by atoms with Crippen LogP contribution in [0.5, 0.6) is 0 Å². The normalized spacial score (nSPS) is 13.0. The lowest BCUT2D eigenvalue weighted by molar-refractivity contribution is 0.358. The Hall–Kier alpha value is -0.950. The molecular formula is C11H12FIN2O. The summed E-state index contributed by atoms with van der Waals surface area (Å²) in [7, 11) is 0. The van der Waals surface area contributed by atoms with Gasteiger partial charge in [-0.25, -0.2) is 9.38 Å². The van der Waals surface area contributed by atoms with E-state index in [0.29, 0.717) is 20.7 Å². The molecule has 1 aromatic carbocycles. The molecule has 0 aliphatic carbocycles. The van der Waals surface area contributed by atoms with Crippen LogP contribution in [0.1, 0.15) is 6.92 Å². The summed E-state index contributed by atoms with van der Waals surface area (Å²) in [6.07, 6.45) is 1.58. The highest BCUT2D eigenvalue weighted by Gasteiger charge is 2.01. The first-order valence-corrected chi connectivity index (χ1v) is 5.68. The number of benzene rings is 1. The van der Waals surface area contributed by atoms with Gasteiger partial charge in [-0.1, -0.05) is 0 Å². The average Bonchev–Trinajstić information content (AvgIpc) is 2.20. The Labute approximate surface area is 107 Å². The zero-order valence-electron chi connectivity index (χ0n) is 8.74. The van der Waals surface area contributed by atoms with Gasteiger partial charge in [-0.15, -0.1) is 0 Å². The van der Waals surface area contributed by atoms with Crippen molar-refractivity contribution in [2.24, 2.45) is 10.7 Å². The Kier molecular flexibility index (Phi) is 4.88. The third-order valence-electron chi connectivity index (χ3n) is 1.73. The monoisotopic (exact) mass is 334 g/mol. The van der Waals surface area contributed by atoms with E-state index in [-0.39, 0.29) is 12.4 Å². The van der Waals surface area contributed by atoms with Crippen LogP contribution in [-0.2, 0) is 0 Å². The molecule has 3 nitrogen and oxygen atoms in total. The minimum atomic E-state index is -0.306. The third-order valence-corrected chi connectivity index (χ3v) is 2.59. The maximum Gasteiger partial charge on any atom is 0.124 e. The van der Waals surface area contributed by atoms with Crippen molar-refractivity contribution in [3.63, 3.8) is 0 Å². The molecule has 1 aromatic rings. The molecule has 0 saturated heterocycles. The average molecular weight is 334 g/mol. The van der Waals surface area contributed by atoms with Crippen molar-refractivity contribution in [1.29, 1.82) is 0 Å².